The topological polar surface area (TPSA) is 80.6 Å². The maximum atomic E-state index is 12.6. The third-order valence-electron chi connectivity index (χ3n) is 6.32. The van der Waals surface area contributed by atoms with E-state index in [-0.39, 0.29) is 24.1 Å². The van der Waals surface area contributed by atoms with Gasteiger partial charge >= 0.3 is 5.97 Å². The van der Waals surface area contributed by atoms with Crippen molar-refractivity contribution >= 4 is 17.6 Å². The molecule has 0 aliphatic carbocycles. The second kappa shape index (κ2) is 11.2. The predicted octanol–water partition coefficient (Wildman–Crippen LogP) is 4.20. The Morgan fingerprint density at radius 2 is 1.77 bits per heavy atom. The van der Waals surface area contributed by atoms with Crippen molar-refractivity contribution in [2.45, 2.75) is 33.6 Å². The van der Waals surface area contributed by atoms with E-state index in [1.165, 1.54) is 0 Å². The first-order valence-corrected chi connectivity index (χ1v) is 12.3. The first-order chi connectivity index (χ1) is 17.0. The van der Waals surface area contributed by atoms with Crippen LogP contribution in [0.4, 0.5) is 5.69 Å². The number of esters is 1. The Bertz CT molecular complexity index is 1140. The molecule has 3 heterocycles. The van der Waals surface area contributed by atoms with E-state index >= 15 is 0 Å². The van der Waals surface area contributed by atoms with E-state index < -0.39 is 5.97 Å². The van der Waals surface area contributed by atoms with E-state index in [1.807, 2.05) is 42.2 Å². The zero-order valence-electron chi connectivity index (χ0n) is 20.7. The molecule has 1 unspecified atom stereocenters. The van der Waals surface area contributed by atoms with Crippen molar-refractivity contribution in [2.24, 2.45) is 5.92 Å². The van der Waals surface area contributed by atoms with Crippen molar-refractivity contribution in [1.82, 2.24) is 19.7 Å². The van der Waals surface area contributed by atoms with Crippen LogP contribution in [0.5, 0.6) is 0 Å². The van der Waals surface area contributed by atoms with Crippen molar-refractivity contribution in [1.29, 1.82) is 0 Å². The molecule has 8 nitrogen and oxygen atoms in total. The van der Waals surface area contributed by atoms with Gasteiger partial charge in [0, 0.05) is 49.5 Å². The number of piperazine rings is 1. The predicted molar refractivity (Wildman–Crippen MR) is 136 cm³/mol. The maximum Gasteiger partial charge on any atom is 0.358 e. The van der Waals surface area contributed by atoms with Gasteiger partial charge in [0.15, 0.2) is 11.5 Å². The number of benzene rings is 1. The van der Waals surface area contributed by atoms with Gasteiger partial charge in [-0.25, -0.2) is 14.5 Å². The number of pyridine rings is 1. The van der Waals surface area contributed by atoms with Crippen LogP contribution in [0.25, 0.3) is 17.1 Å². The smallest absolute Gasteiger partial charge is 0.358 e. The molecular weight excluding hydrogens is 442 g/mol. The van der Waals surface area contributed by atoms with Crippen LogP contribution in [0.2, 0.25) is 0 Å². The highest BCUT2D eigenvalue weighted by molar-refractivity contribution is 5.89. The molecule has 0 radical (unpaired) electrons. The van der Waals surface area contributed by atoms with Crippen LogP contribution in [0.3, 0.4) is 0 Å². The van der Waals surface area contributed by atoms with Gasteiger partial charge in [-0.2, -0.15) is 5.10 Å². The molecule has 1 amide bonds. The van der Waals surface area contributed by atoms with Crippen molar-refractivity contribution in [3.63, 3.8) is 0 Å². The van der Waals surface area contributed by atoms with Gasteiger partial charge in [0.2, 0.25) is 5.91 Å². The largest absolute Gasteiger partial charge is 0.461 e. The van der Waals surface area contributed by atoms with E-state index in [0.29, 0.717) is 5.82 Å². The Morgan fingerprint density at radius 1 is 1.03 bits per heavy atom. The Morgan fingerprint density at radius 3 is 2.40 bits per heavy atom. The SMILES string of the molecule is CCCC(C)C(=O)N1CCN(c2ccc(-c3cc(C(=O)OCC)nn3-c3ccccn3)cc2)CC1. The van der Waals surface area contributed by atoms with E-state index in [9.17, 15) is 9.59 Å². The standard InChI is InChI=1S/C27H33N5O3/c1-4-8-20(3)26(33)31-17-15-30(16-18-31)22-12-10-21(11-13-22)24-19-23(27(34)35-5-2)29-32(24)25-9-6-7-14-28-25/h6-7,9-14,19-20H,4-5,8,15-18H2,1-3H3. The van der Waals surface area contributed by atoms with Gasteiger partial charge in [-0.15, -0.1) is 0 Å². The number of anilines is 1. The number of hydrogen-bond acceptors (Lipinski definition) is 6. The van der Waals surface area contributed by atoms with Crippen molar-refractivity contribution in [3.05, 3.63) is 60.4 Å². The van der Waals surface area contributed by atoms with Gasteiger partial charge in [0.05, 0.1) is 12.3 Å². The molecule has 1 aromatic carbocycles. The lowest BCUT2D eigenvalue weighted by Gasteiger charge is -2.37. The number of carbonyl (C=O) groups excluding carboxylic acids is 2. The van der Waals surface area contributed by atoms with Gasteiger partial charge < -0.3 is 14.5 Å². The molecule has 1 saturated heterocycles. The maximum absolute atomic E-state index is 12.6. The van der Waals surface area contributed by atoms with E-state index in [4.69, 9.17) is 4.74 Å². The lowest BCUT2D eigenvalue weighted by molar-refractivity contribution is -0.135. The molecule has 1 aliphatic rings. The molecule has 4 rings (SSSR count). The molecule has 0 N–H and O–H groups in total. The minimum atomic E-state index is -0.458. The Kier molecular flexibility index (Phi) is 7.80. The Labute approximate surface area is 206 Å². The number of hydrogen-bond donors (Lipinski definition) is 0. The molecule has 3 aromatic rings. The summed E-state index contributed by atoms with van der Waals surface area (Å²) < 4.78 is 6.82. The fraction of sp³-hybridized carbons (Fsp3) is 0.407. The zero-order valence-corrected chi connectivity index (χ0v) is 20.7. The van der Waals surface area contributed by atoms with Crippen LogP contribution < -0.4 is 4.90 Å². The van der Waals surface area contributed by atoms with Crippen molar-refractivity contribution < 1.29 is 14.3 Å². The van der Waals surface area contributed by atoms with Gasteiger partial charge in [0.1, 0.15) is 0 Å². The number of rotatable bonds is 8. The molecule has 1 fully saturated rings. The average molecular weight is 476 g/mol. The molecule has 184 valence electrons. The highest BCUT2D eigenvalue weighted by Gasteiger charge is 2.25. The normalized spacial score (nSPS) is 14.6. The molecule has 0 bridgehead atoms. The summed E-state index contributed by atoms with van der Waals surface area (Å²) in [5.74, 6) is 0.525. The van der Waals surface area contributed by atoms with E-state index in [2.05, 4.69) is 34.0 Å². The van der Waals surface area contributed by atoms with Crippen LogP contribution >= 0.6 is 0 Å². The number of ether oxygens (including phenoxy) is 1. The number of aromatic nitrogens is 3. The van der Waals surface area contributed by atoms with Crippen LogP contribution in [-0.4, -0.2) is 64.3 Å². The third kappa shape index (κ3) is 5.53. The Hall–Kier alpha value is -3.68. The highest BCUT2D eigenvalue weighted by atomic mass is 16.5. The highest BCUT2D eigenvalue weighted by Crippen LogP contribution is 2.27. The van der Waals surface area contributed by atoms with Gasteiger partial charge in [-0.3, -0.25) is 4.79 Å². The summed E-state index contributed by atoms with van der Waals surface area (Å²) in [7, 11) is 0. The summed E-state index contributed by atoms with van der Waals surface area (Å²) >= 11 is 0. The first kappa shape index (κ1) is 24.4. The molecular formula is C27H33N5O3. The van der Waals surface area contributed by atoms with Crippen LogP contribution in [0.15, 0.2) is 54.7 Å². The first-order valence-electron chi connectivity index (χ1n) is 12.3. The quantitative estimate of drug-likeness (QED) is 0.455. The summed E-state index contributed by atoms with van der Waals surface area (Å²) in [6.45, 7) is 9.30. The van der Waals surface area contributed by atoms with Gasteiger partial charge in [-0.1, -0.05) is 38.5 Å². The minimum Gasteiger partial charge on any atom is -0.461 e. The zero-order chi connectivity index (χ0) is 24.8. The molecule has 0 saturated carbocycles. The third-order valence-corrected chi connectivity index (χ3v) is 6.32. The van der Waals surface area contributed by atoms with Crippen LogP contribution in [0.1, 0.15) is 44.1 Å². The van der Waals surface area contributed by atoms with Crippen molar-refractivity contribution in [3.8, 4) is 17.1 Å². The second-order valence-electron chi connectivity index (χ2n) is 8.78. The monoisotopic (exact) mass is 475 g/mol. The molecule has 8 heteroatoms. The lowest BCUT2D eigenvalue weighted by Crippen LogP contribution is -2.50. The average Bonchev–Trinajstić information content (AvgIpc) is 3.35. The second-order valence-corrected chi connectivity index (χ2v) is 8.78. The van der Waals surface area contributed by atoms with Crippen LogP contribution in [-0.2, 0) is 9.53 Å². The molecule has 1 atom stereocenters. The van der Waals surface area contributed by atoms with Crippen LogP contribution in [0, 0.1) is 5.92 Å². The summed E-state index contributed by atoms with van der Waals surface area (Å²) in [5.41, 5.74) is 3.04. The number of carbonyl (C=O) groups is 2. The molecule has 0 spiro atoms. The van der Waals surface area contributed by atoms with Crippen molar-refractivity contribution in [2.75, 3.05) is 37.7 Å². The number of nitrogens with zero attached hydrogens (tertiary/aromatic N) is 5. The molecule has 35 heavy (non-hydrogen) atoms. The Balaban J connectivity index is 1.51. The lowest BCUT2D eigenvalue weighted by atomic mass is 10.0. The minimum absolute atomic E-state index is 0.0919. The van der Waals surface area contributed by atoms with Gasteiger partial charge in [-0.05, 0) is 43.7 Å². The number of amides is 1. The summed E-state index contributed by atoms with van der Waals surface area (Å²) in [6, 6.07) is 15.5. The summed E-state index contributed by atoms with van der Waals surface area (Å²) in [6.07, 6.45) is 3.66. The summed E-state index contributed by atoms with van der Waals surface area (Å²) in [5, 5.41) is 4.47. The molecule has 2 aromatic heterocycles. The summed E-state index contributed by atoms with van der Waals surface area (Å²) in [4.78, 5) is 33.7. The van der Waals surface area contributed by atoms with E-state index in [0.717, 1.165) is 56.0 Å². The van der Waals surface area contributed by atoms with Gasteiger partial charge in [0.25, 0.3) is 0 Å². The van der Waals surface area contributed by atoms with E-state index in [1.54, 1.807) is 23.9 Å². The fourth-order valence-corrected chi connectivity index (χ4v) is 4.44. The molecule has 1 aliphatic heterocycles. The fourth-order valence-electron chi connectivity index (χ4n) is 4.44.